The van der Waals surface area contributed by atoms with E-state index in [1.165, 1.54) is 12.1 Å². The molecule has 0 saturated heterocycles. The fourth-order valence-corrected chi connectivity index (χ4v) is 2.83. The molecular weight excluding hydrogens is 376 g/mol. The molecule has 150 valence electrons. The molecule has 0 aliphatic rings. The van der Waals surface area contributed by atoms with Gasteiger partial charge in [0.05, 0.1) is 6.04 Å². The van der Waals surface area contributed by atoms with Crippen molar-refractivity contribution in [3.05, 3.63) is 95.6 Å². The molecule has 3 aromatic carbocycles. The Bertz CT molecular complexity index is 913. The maximum Gasteiger partial charge on any atom is 0.387 e. The number of aryl methyl sites for hydroxylation is 1. The fraction of sp³-hybridized carbons (Fsp3) is 0.174. The summed E-state index contributed by atoms with van der Waals surface area (Å²) in [6.07, 6.45) is 0. The number of hydrogen-bond acceptors (Lipinski definition) is 3. The summed E-state index contributed by atoms with van der Waals surface area (Å²) in [6.45, 7) is -1.05. The second kappa shape index (κ2) is 9.68. The molecule has 29 heavy (non-hydrogen) atoms. The lowest BCUT2D eigenvalue weighted by Crippen LogP contribution is -2.33. The smallest absolute Gasteiger partial charge is 0.387 e. The number of amides is 1. The van der Waals surface area contributed by atoms with Crippen LogP contribution in [0.1, 0.15) is 22.7 Å². The molecule has 0 radical (unpaired) electrons. The molecule has 1 N–H and O–H groups in total. The fourth-order valence-electron chi connectivity index (χ4n) is 2.83. The second-order valence-corrected chi connectivity index (χ2v) is 6.46. The minimum atomic E-state index is -2.88. The number of carbonyl (C=O) groups is 1. The average Bonchev–Trinajstić information content (AvgIpc) is 2.72. The summed E-state index contributed by atoms with van der Waals surface area (Å²) in [5.41, 5.74) is 2.70. The molecule has 6 heteroatoms. The molecule has 3 aromatic rings. The van der Waals surface area contributed by atoms with E-state index in [0.29, 0.717) is 5.75 Å². The van der Waals surface area contributed by atoms with E-state index in [-0.39, 0.29) is 18.3 Å². The second-order valence-electron chi connectivity index (χ2n) is 6.46. The van der Waals surface area contributed by atoms with Gasteiger partial charge < -0.3 is 14.8 Å². The van der Waals surface area contributed by atoms with Crippen molar-refractivity contribution in [1.29, 1.82) is 0 Å². The van der Waals surface area contributed by atoms with Gasteiger partial charge in [-0.25, -0.2) is 0 Å². The van der Waals surface area contributed by atoms with Crippen LogP contribution in [0.3, 0.4) is 0 Å². The molecule has 0 fully saturated rings. The maximum atomic E-state index is 12.5. The number of carbonyl (C=O) groups excluding carboxylic acids is 1. The Kier molecular flexibility index (Phi) is 6.79. The summed E-state index contributed by atoms with van der Waals surface area (Å²) in [6, 6.07) is 22.5. The Balaban J connectivity index is 1.72. The Morgan fingerprint density at radius 1 is 0.862 bits per heavy atom. The zero-order valence-electron chi connectivity index (χ0n) is 15.8. The van der Waals surface area contributed by atoms with E-state index in [1.54, 1.807) is 24.3 Å². The standard InChI is InChI=1S/C23H21F2NO3/c1-16-7-11-19(12-8-16)28-15-21(27)26-22(17-5-3-2-4-6-17)18-9-13-20(14-10-18)29-23(24)25/h2-14,22-23H,15H2,1H3,(H,26,27)/t22-/m1/s1. The summed E-state index contributed by atoms with van der Waals surface area (Å²) < 4.78 is 34.7. The number of hydrogen-bond donors (Lipinski definition) is 1. The minimum Gasteiger partial charge on any atom is -0.484 e. The van der Waals surface area contributed by atoms with Crippen LogP contribution in [0.4, 0.5) is 8.78 Å². The van der Waals surface area contributed by atoms with Gasteiger partial charge in [-0.05, 0) is 42.3 Å². The number of nitrogens with one attached hydrogen (secondary N) is 1. The zero-order valence-corrected chi connectivity index (χ0v) is 15.8. The van der Waals surface area contributed by atoms with E-state index >= 15 is 0 Å². The quantitative estimate of drug-likeness (QED) is 0.589. The van der Waals surface area contributed by atoms with E-state index < -0.39 is 12.7 Å². The minimum absolute atomic E-state index is 0.0598. The first-order chi connectivity index (χ1) is 14.0. The molecular formula is C23H21F2NO3. The van der Waals surface area contributed by atoms with Gasteiger partial charge >= 0.3 is 6.61 Å². The van der Waals surface area contributed by atoms with Crippen LogP contribution < -0.4 is 14.8 Å². The van der Waals surface area contributed by atoms with Gasteiger partial charge in [-0.3, -0.25) is 4.79 Å². The van der Waals surface area contributed by atoms with Crippen molar-refractivity contribution in [1.82, 2.24) is 5.32 Å². The predicted octanol–water partition coefficient (Wildman–Crippen LogP) is 4.88. The van der Waals surface area contributed by atoms with Crippen LogP contribution >= 0.6 is 0 Å². The third-order valence-electron chi connectivity index (χ3n) is 4.27. The van der Waals surface area contributed by atoms with Gasteiger partial charge in [0, 0.05) is 0 Å². The third kappa shape index (κ3) is 6.04. The monoisotopic (exact) mass is 397 g/mol. The van der Waals surface area contributed by atoms with Crippen molar-refractivity contribution in [3.8, 4) is 11.5 Å². The predicted molar refractivity (Wildman–Crippen MR) is 106 cm³/mol. The number of rotatable bonds is 8. The van der Waals surface area contributed by atoms with Crippen LogP contribution in [-0.4, -0.2) is 19.1 Å². The van der Waals surface area contributed by atoms with Crippen molar-refractivity contribution < 1.29 is 23.0 Å². The van der Waals surface area contributed by atoms with Crippen LogP contribution in [0.15, 0.2) is 78.9 Å². The van der Waals surface area contributed by atoms with Gasteiger partial charge in [0.25, 0.3) is 5.91 Å². The number of alkyl halides is 2. The van der Waals surface area contributed by atoms with Crippen molar-refractivity contribution in [2.75, 3.05) is 6.61 Å². The lowest BCUT2D eigenvalue weighted by molar-refractivity contribution is -0.123. The van der Waals surface area contributed by atoms with Gasteiger partial charge in [-0.15, -0.1) is 0 Å². The molecule has 0 spiro atoms. The van der Waals surface area contributed by atoms with Crippen molar-refractivity contribution in [2.45, 2.75) is 19.6 Å². The van der Waals surface area contributed by atoms with Crippen LogP contribution in [0.5, 0.6) is 11.5 Å². The maximum absolute atomic E-state index is 12.5. The molecule has 0 aliphatic heterocycles. The van der Waals surface area contributed by atoms with Crippen molar-refractivity contribution >= 4 is 5.91 Å². The van der Waals surface area contributed by atoms with Crippen LogP contribution in [-0.2, 0) is 4.79 Å². The molecule has 0 saturated carbocycles. The largest absolute Gasteiger partial charge is 0.484 e. The van der Waals surface area contributed by atoms with Gasteiger partial charge in [0.15, 0.2) is 6.61 Å². The highest BCUT2D eigenvalue weighted by atomic mass is 19.3. The molecule has 0 bridgehead atoms. The number of halogens is 2. The summed E-state index contributed by atoms with van der Waals surface area (Å²) in [4.78, 5) is 12.5. The highest BCUT2D eigenvalue weighted by Crippen LogP contribution is 2.25. The van der Waals surface area contributed by atoms with Crippen molar-refractivity contribution in [2.24, 2.45) is 0 Å². The lowest BCUT2D eigenvalue weighted by Gasteiger charge is -2.20. The highest BCUT2D eigenvalue weighted by Gasteiger charge is 2.17. The molecule has 0 unspecified atom stereocenters. The van der Waals surface area contributed by atoms with Crippen LogP contribution in [0.25, 0.3) is 0 Å². The van der Waals surface area contributed by atoms with Gasteiger partial charge in [0.1, 0.15) is 11.5 Å². The Morgan fingerprint density at radius 2 is 1.45 bits per heavy atom. The number of ether oxygens (including phenoxy) is 2. The Hall–Kier alpha value is -3.41. The molecule has 1 amide bonds. The first-order valence-electron chi connectivity index (χ1n) is 9.10. The summed E-state index contributed by atoms with van der Waals surface area (Å²) in [7, 11) is 0. The highest BCUT2D eigenvalue weighted by molar-refractivity contribution is 5.78. The lowest BCUT2D eigenvalue weighted by atomic mass is 9.98. The van der Waals surface area contributed by atoms with Gasteiger partial charge in [-0.2, -0.15) is 8.78 Å². The molecule has 3 rings (SSSR count). The molecule has 0 heterocycles. The van der Waals surface area contributed by atoms with E-state index in [2.05, 4.69) is 10.1 Å². The van der Waals surface area contributed by atoms with Crippen LogP contribution in [0, 0.1) is 6.92 Å². The van der Waals surface area contributed by atoms with Gasteiger partial charge in [0.2, 0.25) is 0 Å². The summed E-state index contributed by atoms with van der Waals surface area (Å²) in [5, 5.41) is 2.94. The van der Waals surface area contributed by atoms with E-state index in [9.17, 15) is 13.6 Å². The zero-order chi connectivity index (χ0) is 20.6. The van der Waals surface area contributed by atoms with Gasteiger partial charge in [-0.1, -0.05) is 60.2 Å². The first-order valence-corrected chi connectivity index (χ1v) is 9.10. The van der Waals surface area contributed by atoms with E-state index in [0.717, 1.165) is 16.7 Å². The average molecular weight is 397 g/mol. The normalized spacial score (nSPS) is 11.7. The Morgan fingerprint density at radius 3 is 2.07 bits per heavy atom. The van der Waals surface area contributed by atoms with Crippen LogP contribution in [0.2, 0.25) is 0 Å². The molecule has 1 atom stereocenters. The Labute approximate surface area is 168 Å². The SMILES string of the molecule is Cc1ccc(OCC(=O)N[C@H](c2ccccc2)c2ccc(OC(F)F)cc2)cc1. The summed E-state index contributed by atoms with van der Waals surface area (Å²) in [5.74, 6) is 0.368. The van der Waals surface area contributed by atoms with Crippen molar-refractivity contribution in [3.63, 3.8) is 0 Å². The summed E-state index contributed by atoms with van der Waals surface area (Å²) >= 11 is 0. The topological polar surface area (TPSA) is 47.6 Å². The third-order valence-corrected chi connectivity index (χ3v) is 4.27. The van der Waals surface area contributed by atoms with E-state index in [4.69, 9.17) is 4.74 Å². The molecule has 4 nitrogen and oxygen atoms in total. The number of benzene rings is 3. The van der Waals surface area contributed by atoms with E-state index in [1.807, 2.05) is 49.4 Å². The molecule has 0 aromatic heterocycles. The molecule has 0 aliphatic carbocycles. The first kappa shape index (κ1) is 20.3.